The van der Waals surface area contributed by atoms with E-state index in [2.05, 4.69) is 31.2 Å². The topological polar surface area (TPSA) is 41.3 Å². The molecule has 0 atom stereocenters. The molecule has 114 valence electrons. The van der Waals surface area contributed by atoms with E-state index >= 15 is 0 Å². The second kappa shape index (κ2) is 6.26. The van der Waals surface area contributed by atoms with Crippen LogP contribution in [0.1, 0.15) is 32.2 Å². The van der Waals surface area contributed by atoms with Crippen LogP contribution >= 0.6 is 0 Å². The van der Waals surface area contributed by atoms with Crippen LogP contribution in [0.15, 0.2) is 34.9 Å². The number of hydrogen-bond acceptors (Lipinski definition) is 4. The van der Waals surface area contributed by atoms with Gasteiger partial charge in [0, 0.05) is 30.9 Å². The Hall–Kier alpha value is -1.88. The van der Waals surface area contributed by atoms with Gasteiger partial charge in [0.2, 0.25) is 0 Å². The van der Waals surface area contributed by atoms with Gasteiger partial charge in [-0.15, -0.1) is 0 Å². The van der Waals surface area contributed by atoms with Gasteiger partial charge >= 0.3 is 0 Å². The third-order valence-corrected chi connectivity index (χ3v) is 3.05. The maximum atomic E-state index is 13.2. The Bertz CT molecular complexity index is 589. The molecule has 0 fully saturated rings. The van der Waals surface area contributed by atoms with Gasteiger partial charge in [0.25, 0.3) is 0 Å². The Labute approximate surface area is 124 Å². The standard InChI is InChI=1S/C16H22FN3O/c1-16(2,3)18-10-13-9-15(21-19-13)11-20(4)14-7-5-6-12(17)8-14/h5-9,18H,10-11H2,1-4H3. The van der Waals surface area contributed by atoms with Crippen molar-refractivity contribution in [1.82, 2.24) is 10.5 Å². The van der Waals surface area contributed by atoms with Crippen molar-refractivity contribution in [2.75, 3.05) is 11.9 Å². The number of hydrogen-bond donors (Lipinski definition) is 1. The Morgan fingerprint density at radius 3 is 2.71 bits per heavy atom. The fourth-order valence-electron chi connectivity index (χ4n) is 1.91. The summed E-state index contributed by atoms with van der Waals surface area (Å²) in [6.45, 7) is 7.52. The fourth-order valence-corrected chi connectivity index (χ4v) is 1.91. The number of benzene rings is 1. The van der Waals surface area contributed by atoms with Gasteiger partial charge in [0.1, 0.15) is 5.82 Å². The van der Waals surface area contributed by atoms with E-state index in [0.29, 0.717) is 13.1 Å². The molecule has 5 heteroatoms. The lowest BCUT2D eigenvalue weighted by atomic mass is 10.1. The van der Waals surface area contributed by atoms with Crippen LogP contribution in [0, 0.1) is 5.82 Å². The second-order valence-electron chi connectivity index (χ2n) is 6.22. The van der Waals surface area contributed by atoms with E-state index < -0.39 is 0 Å². The molecule has 2 rings (SSSR count). The van der Waals surface area contributed by atoms with E-state index in [1.54, 1.807) is 6.07 Å². The van der Waals surface area contributed by atoms with E-state index in [0.717, 1.165) is 17.1 Å². The van der Waals surface area contributed by atoms with Crippen molar-refractivity contribution in [3.05, 3.63) is 47.6 Å². The molecule has 1 aromatic heterocycles. The van der Waals surface area contributed by atoms with Gasteiger partial charge < -0.3 is 14.7 Å². The predicted octanol–water partition coefficient (Wildman–Crippen LogP) is 3.34. The number of nitrogens with one attached hydrogen (secondary N) is 1. The molecule has 2 aromatic rings. The molecule has 0 amide bonds. The smallest absolute Gasteiger partial charge is 0.156 e. The molecule has 1 aromatic carbocycles. The van der Waals surface area contributed by atoms with Crippen molar-refractivity contribution < 1.29 is 8.91 Å². The first kappa shape index (κ1) is 15.5. The average Bonchev–Trinajstić information content (AvgIpc) is 2.83. The quantitative estimate of drug-likeness (QED) is 0.917. The molecule has 21 heavy (non-hydrogen) atoms. The molecule has 0 aliphatic heterocycles. The highest BCUT2D eigenvalue weighted by Gasteiger charge is 2.12. The van der Waals surface area contributed by atoms with Crippen molar-refractivity contribution in [3.63, 3.8) is 0 Å². The Morgan fingerprint density at radius 2 is 2.05 bits per heavy atom. The minimum Gasteiger partial charge on any atom is -0.367 e. The SMILES string of the molecule is CN(Cc1cc(CNC(C)(C)C)no1)c1cccc(F)c1. The Morgan fingerprint density at radius 1 is 1.29 bits per heavy atom. The van der Waals surface area contributed by atoms with Gasteiger partial charge in [-0.3, -0.25) is 0 Å². The van der Waals surface area contributed by atoms with Crippen molar-refractivity contribution in [1.29, 1.82) is 0 Å². The average molecular weight is 291 g/mol. The summed E-state index contributed by atoms with van der Waals surface area (Å²) in [5.41, 5.74) is 1.71. The molecule has 0 aliphatic carbocycles. The van der Waals surface area contributed by atoms with Crippen LogP contribution in [0.4, 0.5) is 10.1 Å². The monoisotopic (exact) mass is 291 g/mol. The summed E-state index contributed by atoms with van der Waals surface area (Å²) in [6.07, 6.45) is 0. The fraction of sp³-hybridized carbons (Fsp3) is 0.438. The minimum absolute atomic E-state index is 0.0392. The molecule has 0 aliphatic rings. The molecule has 4 nitrogen and oxygen atoms in total. The first-order valence-corrected chi connectivity index (χ1v) is 7.00. The third kappa shape index (κ3) is 4.86. The number of anilines is 1. The summed E-state index contributed by atoms with van der Waals surface area (Å²) < 4.78 is 18.5. The zero-order valence-electron chi connectivity index (χ0n) is 13.0. The summed E-state index contributed by atoms with van der Waals surface area (Å²) in [5, 5.41) is 7.40. The van der Waals surface area contributed by atoms with Crippen LogP contribution < -0.4 is 10.2 Å². The second-order valence-corrected chi connectivity index (χ2v) is 6.22. The molecule has 0 unspecified atom stereocenters. The van der Waals surface area contributed by atoms with Crippen molar-refractivity contribution in [2.45, 2.75) is 39.4 Å². The maximum Gasteiger partial charge on any atom is 0.156 e. The first-order chi connectivity index (χ1) is 9.83. The summed E-state index contributed by atoms with van der Waals surface area (Å²) in [7, 11) is 1.89. The normalized spacial score (nSPS) is 11.7. The van der Waals surface area contributed by atoms with E-state index in [-0.39, 0.29) is 11.4 Å². The minimum atomic E-state index is -0.244. The van der Waals surface area contributed by atoms with Gasteiger partial charge in [0.15, 0.2) is 5.76 Å². The molecular formula is C16H22FN3O. The highest BCUT2D eigenvalue weighted by atomic mass is 19.1. The highest BCUT2D eigenvalue weighted by Crippen LogP contribution is 2.17. The Kier molecular flexibility index (Phi) is 4.63. The summed E-state index contributed by atoms with van der Waals surface area (Å²) >= 11 is 0. The molecule has 0 saturated carbocycles. The lowest BCUT2D eigenvalue weighted by molar-refractivity contribution is 0.365. The van der Waals surface area contributed by atoms with E-state index in [1.807, 2.05) is 24.1 Å². The lowest BCUT2D eigenvalue weighted by Crippen LogP contribution is -2.35. The Balaban J connectivity index is 1.96. The van der Waals surface area contributed by atoms with Gasteiger partial charge in [-0.2, -0.15) is 0 Å². The van der Waals surface area contributed by atoms with E-state index in [4.69, 9.17) is 4.52 Å². The molecule has 1 N–H and O–H groups in total. The number of rotatable bonds is 5. The number of aromatic nitrogens is 1. The number of nitrogens with zero attached hydrogens (tertiary/aromatic N) is 2. The van der Waals surface area contributed by atoms with Crippen LogP contribution in [0.3, 0.4) is 0 Å². The zero-order chi connectivity index (χ0) is 15.5. The first-order valence-electron chi connectivity index (χ1n) is 7.00. The van der Waals surface area contributed by atoms with E-state index in [9.17, 15) is 4.39 Å². The molecule has 0 bridgehead atoms. The van der Waals surface area contributed by atoms with Gasteiger partial charge in [-0.1, -0.05) is 11.2 Å². The van der Waals surface area contributed by atoms with Crippen molar-refractivity contribution >= 4 is 5.69 Å². The maximum absolute atomic E-state index is 13.2. The van der Waals surface area contributed by atoms with Crippen molar-refractivity contribution in [2.24, 2.45) is 0 Å². The third-order valence-electron chi connectivity index (χ3n) is 3.05. The highest BCUT2D eigenvalue weighted by molar-refractivity contribution is 5.45. The van der Waals surface area contributed by atoms with Crippen LogP contribution in [0.5, 0.6) is 0 Å². The summed E-state index contributed by atoms with van der Waals surface area (Å²) in [4.78, 5) is 1.92. The zero-order valence-corrected chi connectivity index (χ0v) is 13.0. The van der Waals surface area contributed by atoms with Gasteiger partial charge in [-0.25, -0.2) is 4.39 Å². The van der Waals surface area contributed by atoms with Crippen LogP contribution in [-0.2, 0) is 13.1 Å². The number of halogens is 1. The predicted molar refractivity (Wildman–Crippen MR) is 81.6 cm³/mol. The molecular weight excluding hydrogens is 269 g/mol. The lowest BCUT2D eigenvalue weighted by Gasteiger charge is -2.19. The molecule has 0 radical (unpaired) electrons. The van der Waals surface area contributed by atoms with Crippen LogP contribution in [-0.4, -0.2) is 17.7 Å². The van der Waals surface area contributed by atoms with Crippen LogP contribution in [0.25, 0.3) is 0 Å². The molecule has 1 heterocycles. The largest absolute Gasteiger partial charge is 0.367 e. The van der Waals surface area contributed by atoms with Crippen molar-refractivity contribution in [3.8, 4) is 0 Å². The van der Waals surface area contributed by atoms with Crippen LogP contribution in [0.2, 0.25) is 0 Å². The molecule has 0 saturated heterocycles. The van der Waals surface area contributed by atoms with Gasteiger partial charge in [-0.05, 0) is 39.0 Å². The molecule has 0 spiro atoms. The summed E-state index contributed by atoms with van der Waals surface area (Å²) in [5.74, 6) is 0.513. The van der Waals surface area contributed by atoms with Gasteiger partial charge in [0.05, 0.1) is 12.2 Å². The van der Waals surface area contributed by atoms with E-state index in [1.165, 1.54) is 12.1 Å². The summed E-state index contributed by atoms with van der Waals surface area (Å²) in [6, 6.07) is 8.41.